The Morgan fingerprint density at radius 2 is 2.12 bits per heavy atom. The molecule has 0 radical (unpaired) electrons. The van der Waals surface area contributed by atoms with Crippen molar-refractivity contribution >= 4 is 11.9 Å². The van der Waals surface area contributed by atoms with E-state index in [1.54, 1.807) is 19.9 Å². The third kappa shape index (κ3) is 3.34. The average Bonchev–Trinajstić information content (AvgIpc) is 2.57. The number of furan rings is 1. The molecule has 0 aromatic carbocycles. The molecule has 0 aliphatic rings. The normalized spacial score (nSPS) is 12.2. The molecule has 0 fully saturated rings. The number of carboxylic acids is 1. The zero-order valence-electron chi connectivity index (χ0n) is 10.2. The lowest BCUT2D eigenvalue weighted by Gasteiger charge is -2.12. The number of aliphatic carboxylic acids is 1. The SMILES string of the molecule is CCCC(NC(=O)c1cc(C)oc1C)C(=O)O. The van der Waals surface area contributed by atoms with Gasteiger partial charge in [0.25, 0.3) is 5.91 Å². The molecule has 0 saturated heterocycles. The van der Waals surface area contributed by atoms with Gasteiger partial charge >= 0.3 is 5.97 Å². The highest BCUT2D eigenvalue weighted by atomic mass is 16.4. The molecule has 0 bridgehead atoms. The standard InChI is InChI=1S/C12H17NO4/c1-4-5-10(12(15)16)13-11(14)9-6-7(2)17-8(9)3/h6,10H,4-5H2,1-3H3,(H,13,14)(H,15,16). The zero-order valence-corrected chi connectivity index (χ0v) is 10.2. The van der Waals surface area contributed by atoms with Crippen LogP contribution in [-0.2, 0) is 4.79 Å². The Morgan fingerprint density at radius 3 is 2.53 bits per heavy atom. The monoisotopic (exact) mass is 239 g/mol. The van der Waals surface area contributed by atoms with Crippen molar-refractivity contribution in [2.24, 2.45) is 0 Å². The fourth-order valence-electron chi connectivity index (χ4n) is 1.64. The van der Waals surface area contributed by atoms with Gasteiger partial charge in [-0.2, -0.15) is 0 Å². The van der Waals surface area contributed by atoms with Gasteiger partial charge in [-0.15, -0.1) is 0 Å². The Bertz CT molecular complexity index is 422. The molecule has 5 nitrogen and oxygen atoms in total. The van der Waals surface area contributed by atoms with Crippen LogP contribution >= 0.6 is 0 Å². The summed E-state index contributed by atoms with van der Waals surface area (Å²) in [7, 11) is 0. The van der Waals surface area contributed by atoms with E-state index in [-0.39, 0.29) is 0 Å². The van der Waals surface area contributed by atoms with E-state index in [4.69, 9.17) is 9.52 Å². The Morgan fingerprint density at radius 1 is 1.47 bits per heavy atom. The summed E-state index contributed by atoms with van der Waals surface area (Å²) in [5, 5.41) is 11.4. The first-order valence-electron chi connectivity index (χ1n) is 5.56. The number of carbonyl (C=O) groups excluding carboxylic acids is 1. The van der Waals surface area contributed by atoms with Gasteiger partial charge in [-0.3, -0.25) is 4.79 Å². The molecule has 0 saturated carbocycles. The number of rotatable bonds is 5. The third-order valence-corrected chi connectivity index (χ3v) is 2.47. The van der Waals surface area contributed by atoms with Gasteiger partial charge in [0.15, 0.2) is 0 Å². The molecule has 2 N–H and O–H groups in total. The van der Waals surface area contributed by atoms with Crippen molar-refractivity contribution in [3.05, 3.63) is 23.2 Å². The molecule has 1 rings (SSSR count). The van der Waals surface area contributed by atoms with Crippen molar-refractivity contribution in [2.45, 2.75) is 39.7 Å². The quantitative estimate of drug-likeness (QED) is 0.822. The van der Waals surface area contributed by atoms with E-state index in [1.807, 2.05) is 6.92 Å². The van der Waals surface area contributed by atoms with E-state index in [0.717, 1.165) is 0 Å². The van der Waals surface area contributed by atoms with Gasteiger partial charge in [-0.05, 0) is 26.3 Å². The highest BCUT2D eigenvalue weighted by Crippen LogP contribution is 2.13. The van der Waals surface area contributed by atoms with Crippen LogP contribution in [-0.4, -0.2) is 23.0 Å². The van der Waals surface area contributed by atoms with E-state index in [1.165, 1.54) is 0 Å². The lowest BCUT2D eigenvalue weighted by molar-refractivity contribution is -0.139. The smallest absolute Gasteiger partial charge is 0.326 e. The Hall–Kier alpha value is -1.78. The lowest BCUT2D eigenvalue weighted by Crippen LogP contribution is -2.40. The summed E-state index contributed by atoms with van der Waals surface area (Å²) in [6.45, 7) is 5.29. The van der Waals surface area contributed by atoms with E-state index < -0.39 is 17.9 Å². The zero-order chi connectivity index (χ0) is 13.0. The second-order valence-corrected chi connectivity index (χ2v) is 3.98. The summed E-state index contributed by atoms with van der Waals surface area (Å²) in [6.07, 6.45) is 1.11. The van der Waals surface area contributed by atoms with Crippen LogP contribution in [0.25, 0.3) is 0 Å². The molecule has 94 valence electrons. The van der Waals surface area contributed by atoms with Gasteiger partial charge in [0.2, 0.25) is 0 Å². The van der Waals surface area contributed by atoms with Gasteiger partial charge in [0, 0.05) is 0 Å². The molecule has 1 heterocycles. The van der Waals surface area contributed by atoms with E-state index in [2.05, 4.69) is 5.32 Å². The fourth-order valence-corrected chi connectivity index (χ4v) is 1.64. The molecule has 5 heteroatoms. The Balaban J connectivity index is 2.77. The molecule has 0 spiro atoms. The molecule has 17 heavy (non-hydrogen) atoms. The maximum atomic E-state index is 11.8. The van der Waals surface area contributed by atoms with Crippen molar-refractivity contribution in [1.82, 2.24) is 5.32 Å². The molecule has 0 aliphatic carbocycles. The van der Waals surface area contributed by atoms with Gasteiger partial charge in [-0.25, -0.2) is 4.79 Å². The predicted molar refractivity (Wildman–Crippen MR) is 62.0 cm³/mol. The topological polar surface area (TPSA) is 79.5 Å². The predicted octanol–water partition coefficient (Wildman–Crippen LogP) is 1.88. The van der Waals surface area contributed by atoms with Crippen molar-refractivity contribution in [1.29, 1.82) is 0 Å². The molecule has 1 amide bonds. The van der Waals surface area contributed by atoms with Gasteiger partial charge in [0.05, 0.1) is 5.56 Å². The summed E-state index contributed by atoms with van der Waals surface area (Å²) < 4.78 is 5.23. The summed E-state index contributed by atoms with van der Waals surface area (Å²) >= 11 is 0. The first kappa shape index (κ1) is 13.3. The van der Waals surface area contributed by atoms with Crippen LogP contribution in [0.1, 0.15) is 41.6 Å². The number of hydrogen-bond acceptors (Lipinski definition) is 3. The molecule has 1 aromatic rings. The fraction of sp³-hybridized carbons (Fsp3) is 0.500. The van der Waals surface area contributed by atoms with Crippen LogP contribution in [0.4, 0.5) is 0 Å². The number of hydrogen-bond donors (Lipinski definition) is 2. The Kier molecular flexibility index (Phi) is 4.31. The second kappa shape index (κ2) is 5.52. The van der Waals surface area contributed by atoms with Crippen molar-refractivity contribution < 1.29 is 19.1 Å². The van der Waals surface area contributed by atoms with E-state index in [0.29, 0.717) is 29.9 Å². The molecule has 1 atom stereocenters. The van der Waals surface area contributed by atoms with Crippen molar-refractivity contribution in [3.8, 4) is 0 Å². The average molecular weight is 239 g/mol. The minimum absolute atomic E-state index is 0.393. The van der Waals surface area contributed by atoms with Crippen LogP contribution in [0.2, 0.25) is 0 Å². The van der Waals surface area contributed by atoms with Gasteiger partial charge < -0.3 is 14.8 Å². The Labute approximate surface area is 99.8 Å². The minimum atomic E-state index is -1.02. The number of carboxylic acid groups (broad SMARTS) is 1. The van der Waals surface area contributed by atoms with Gasteiger partial charge in [-0.1, -0.05) is 13.3 Å². The number of amides is 1. The molecular formula is C12H17NO4. The largest absolute Gasteiger partial charge is 0.480 e. The summed E-state index contributed by atoms with van der Waals surface area (Å²) in [4.78, 5) is 22.7. The maximum absolute atomic E-state index is 11.8. The highest BCUT2D eigenvalue weighted by Gasteiger charge is 2.21. The van der Waals surface area contributed by atoms with Crippen molar-refractivity contribution in [2.75, 3.05) is 0 Å². The van der Waals surface area contributed by atoms with E-state index >= 15 is 0 Å². The number of nitrogens with one attached hydrogen (secondary N) is 1. The molecular weight excluding hydrogens is 222 g/mol. The first-order chi connectivity index (χ1) is 7.95. The molecule has 1 aromatic heterocycles. The van der Waals surface area contributed by atoms with Crippen LogP contribution < -0.4 is 5.32 Å². The minimum Gasteiger partial charge on any atom is -0.480 e. The maximum Gasteiger partial charge on any atom is 0.326 e. The summed E-state index contributed by atoms with van der Waals surface area (Å²) in [6, 6.07) is 0.761. The van der Waals surface area contributed by atoms with Crippen LogP contribution in [0, 0.1) is 13.8 Å². The lowest BCUT2D eigenvalue weighted by atomic mass is 10.1. The molecule has 1 unspecified atom stereocenters. The van der Waals surface area contributed by atoms with Crippen LogP contribution in [0.3, 0.4) is 0 Å². The first-order valence-corrected chi connectivity index (χ1v) is 5.56. The second-order valence-electron chi connectivity index (χ2n) is 3.98. The van der Waals surface area contributed by atoms with E-state index in [9.17, 15) is 9.59 Å². The summed E-state index contributed by atoms with van der Waals surface area (Å²) in [5.41, 5.74) is 0.393. The molecule has 0 aliphatic heterocycles. The van der Waals surface area contributed by atoms with Crippen LogP contribution in [0.5, 0.6) is 0 Å². The number of carbonyl (C=O) groups is 2. The van der Waals surface area contributed by atoms with Gasteiger partial charge in [0.1, 0.15) is 17.6 Å². The van der Waals surface area contributed by atoms with Crippen molar-refractivity contribution in [3.63, 3.8) is 0 Å². The van der Waals surface area contributed by atoms with Crippen LogP contribution in [0.15, 0.2) is 10.5 Å². The third-order valence-electron chi connectivity index (χ3n) is 2.47. The highest BCUT2D eigenvalue weighted by molar-refractivity contribution is 5.97. The number of aryl methyl sites for hydroxylation is 2. The summed E-state index contributed by atoms with van der Waals surface area (Å²) in [5.74, 6) is -0.283.